The molecule has 0 atom stereocenters. The molecule has 0 spiro atoms. The molecular weight excluding hydrogens is 288 g/mol. The number of nitrogen functional groups attached to an aromatic ring is 1. The number of nitrogens with one attached hydrogen (secondary N) is 1. The fraction of sp³-hybridized carbons (Fsp3) is 0.500. The number of methoxy groups -OCH3 is 1. The first-order valence-corrected chi connectivity index (χ1v) is 7.42. The smallest absolute Gasteiger partial charge is 0.264 e. The zero-order valence-electron chi connectivity index (χ0n) is 12.9. The summed E-state index contributed by atoms with van der Waals surface area (Å²) in [4.78, 5) is 13.6. The van der Waals surface area contributed by atoms with Crippen LogP contribution in [0.5, 0.6) is 0 Å². The van der Waals surface area contributed by atoms with Crippen LogP contribution in [0.2, 0.25) is 0 Å². The molecule has 0 saturated carbocycles. The van der Waals surface area contributed by atoms with Crippen molar-refractivity contribution in [2.75, 3.05) is 19.5 Å². The number of fused-ring (bicyclic) bond motifs is 1. The third-order valence-corrected chi connectivity index (χ3v) is 4.39. The van der Waals surface area contributed by atoms with Crippen LogP contribution in [0, 0.1) is 13.8 Å². The van der Waals surface area contributed by atoms with Crippen molar-refractivity contribution in [3.63, 3.8) is 0 Å². The second-order valence-corrected chi connectivity index (χ2v) is 6.71. The molecular formula is C14H20N4O2S. The van der Waals surface area contributed by atoms with Gasteiger partial charge in [0.15, 0.2) is 0 Å². The van der Waals surface area contributed by atoms with Gasteiger partial charge in [0.05, 0.1) is 23.5 Å². The molecule has 2 rings (SSSR count). The van der Waals surface area contributed by atoms with Crippen molar-refractivity contribution in [2.45, 2.75) is 33.2 Å². The summed E-state index contributed by atoms with van der Waals surface area (Å²) >= 11 is 1.26. The third-order valence-electron chi connectivity index (χ3n) is 3.30. The Morgan fingerprint density at radius 1 is 1.38 bits per heavy atom. The van der Waals surface area contributed by atoms with Crippen molar-refractivity contribution in [1.29, 1.82) is 0 Å². The van der Waals surface area contributed by atoms with E-state index in [0.29, 0.717) is 22.0 Å². The number of hydrogen-bond donors (Lipinski definition) is 2. The number of hydrogen-bond acceptors (Lipinski definition) is 6. The van der Waals surface area contributed by atoms with E-state index in [1.54, 1.807) is 7.11 Å². The summed E-state index contributed by atoms with van der Waals surface area (Å²) in [5.41, 5.74) is 7.93. The molecule has 0 aromatic carbocycles. The Bertz CT molecular complexity index is 694. The first kappa shape index (κ1) is 15.7. The number of amides is 1. The average Bonchev–Trinajstić information content (AvgIpc) is 2.71. The molecule has 114 valence electrons. The molecule has 0 bridgehead atoms. The summed E-state index contributed by atoms with van der Waals surface area (Å²) < 4.78 is 5.10. The Balaban J connectivity index is 2.41. The average molecular weight is 308 g/mol. The standard InChI is InChI=1S/C14H20N4O2S/c1-7-8(2)17-18-13-9(7)10(15)11(21-13)12(19)16-14(3,4)6-20-5/h6,15H2,1-5H3,(H,16,19). The highest BCUT2D eigenvalue weighted by Crippen LogP contribution is 2.34. The monoisotopic (exact) mass is 308 g/mol. The van der Waals surface area contributed by atoms with Gasteiger partial charge in [-0.25, -0.2) is 0 Å². The number of rotatable bonds is 4. The molecule has 0 unspecified atom stereocenters. The van der Waals surface area contributed by atoms with E-state index in [2.05, 4.69) is 15.5 Å². The SMILES string of the molecule is COCC(C)(C)NC(=O)c1sc2nnc(C)c(C)c2c1N. The number of aromatic nitrogens is 2. The number of ether oxygens (including phenoxy) is 1. The van der Waals surface area contributed by atoms with Crippen LogP contribution >= 0.6 is 11.3 Å². The molecule has 2 heterocycles. The summed E-state index contributed by atoms with van der Waals surface area (Å²) in [6.45, 7) is 8.02. The van der Waals surface area contributed by atoms with Gasteiger partial charge in [0, 0.05) is 12.5 Å². The predicted molar refractivity (Wildman–Crippen MR) is 84.7 cm³/mol. The van der Waals surface area contributed by atoms with E-state index in [9.17, 15) is 4.79 Å². The van der Waals surface area contributed by atoms with Crippen molar-refractivity contribution in [3.8, 4) is 0 Å². The molecule has 0 aliphatic carbocycles. The van der Waals surface area contributed by atoms with Gasteiger partial charge in [-0.1, -0.05) is 0 Å². The quantitative estimate of drug-likeness (QED) is 0.902. The van der Waals surface area contributed by atoms with Gasteiger partial charge in [0.25, 0.3) is 5.91 Å². The van der Waals surface area contributed by atoms with Crippen LogP contribution in [0.3, 0.4) is 0 Å². The van der Waals surface area contributed by atoms with Crippen molar-refractivity contribution in [3.05, 3.63) is 16.1 Å². The van der Waals surface area contributed by atoms with Crippen LogP contribution < -0.4 is 11.1 Å². The van der Waals surface area contributed by atoms with Crippen LogP contribution in [0.25, 0.3) is 10.2 Å². The van der Waals surface area contributed by atoms with E-state index < -0.39 is 5.54 Å². The predicted octanol–water partition coefficient (Wildman–Crippen LogP) is 2.05. The Morgan fingerprint density at radius 2 is 2.05 bits per heavy atom. The van der Waals surface area contributed by atoms with E-state index >= 15 is 0 Å². The number of anilines is 1. The normalized spacial score (nSPS) is 11.9. The fourth-order valence-corrected chi connectivity index (χ4v) is 3.17. The van der Waals surface area contributed by atoms with Crippen LogP contribution in [-0.4, -0.2) is 35.4 Å². The van der Waals surface area contributed by atoms with Crippen molar-refractivity contribution in [2.24, 2.45) is 0 Å². The molecule has 3 N–H and O–H groups in total. The number of thiophene rings is 1. The van der Waals surface area contributed by atoms with Crippen LogP contribution in [0.1, 0.15) is 34.8 Å². The summed E-state index contributed by atoms with van der Waals surface area (Å²) in [6, 6.07) is 0. The van der Waals surface area contributed by atoms with Gasteiger partial charge in [0.2, 0.25) is 0 Å². The van der Waals surface area contributed by atoms with E-state index in [4.69, 9.17) is 10.5 Å². The number of carbonyl (C=O) groups excluding carboxylic acids is 1. The van der Waals surface area contributed by atoms with E-state index in [1.807, 2.05) is 27.7 Å². The van der Waals surface area contributed by atoms with Gasteiger partial charge in [0.1, 0.15) is 9.71 Å². The lowest BCUT2D eigenvalue weighted by atomic mass is 10.1. The highest BCUT2D eigenvalue weighted by molar-refractivity contribution is 7.21. The second-order valence-electron chi connectivity index (χ2n) is 5.71. The Morgan fingerprint density at radius 3 is 2.67 bits per heavy atom. The van der Waals surface area contributed by atoms with Crippen molar-refractivity contribution >= 4 is 33.1 Å². The topological polar surface area (TPSA) is 90.1 Å². The molecule has 2 aromatic heterocycles. The molecule has 0 saturated heterocycles. The highest BCUT2D eigenvalue weighted by Gasteiger charge is 2.25. The van der Waals surface area contributed by atoms with Gasteiger partial charge in [-0.3, -0.25) is 4.79 Å². The third kappa shape index (κ3) is 2.98. The number of nitrogens with two attached hydrogens (primary N) is 1. The lowest BCUT2D eigenvalue weighted by molar-refractivity contribution is 0.0824. The maximum absolute atomic E-state index is 12.4. The summed E-state index contributed by atoms with van der Waals surface area (Å²) in [7, 11) is 1.60. The van der Waals surface area contributed by atoms with Gasteiger partial charge in [-0.15, -0.1) is 16.4 Å². The van der Waals surface area contributed by atoms with Gasteiger partial charge < -0.3 is 15.8 Å². The lowest BCUT2D eigenvalue weighted by Crippen LogP contribution is -2.46. The molecule has 0 fully saturated rings. The summed E-state index contributed by atoms with van der Waals surface area (Å²) in [6.07, 6.45) is 0. The molecule has 2 aromatic rings. The van der Waals surface area contributed by atoms with Crippen LogP contribution in [0.15, 0.2) is 0 Å². The molecule has 0 radical (unpaired) electrons. The number of nitrogens with zero attached hydrogens (tertiary/aromatic N) is 2. The van der Waals surface area contributed by atoms with Gasteiger partial charge in [-0.05, 0) is 33.3 Å². The number of aryl methyl sites for hydroxylation is 2. The summed E-state index contributed by atoms with van der Waals surface area (Å²) in [5, 5.41) is 11.9. The molecule has 21 heavy (non-hydrogen) atoms. The largest absolute Gasteiger partial charge is 0.397 e. The minimum atomic E-state index is -0.467. The minimum absolute atomic E-state index is 0.213. The molecule has 0 aliphatic rings. The first-order chi connectivity index (χ1) is 9.76. The Hall–Kier alpha value is -1.73. The first-order valence-electron chi connectivity index (χ1n) is 6.60. The molecule has 6 nitrogen and oxygen atoms in total. The van der Waals surface area contributed by atoms with E-state index in [0.717, 1.165) is 16.6 Å². The summed E-state index contributed by atoms with van der Waals surface area (Å²) in [5.74, 6) is -0.213. The zero-order valence-corrected chi connectivity index (χ0v) is 13.7. The fourth-order valence-electron chi connectivity index (χ4n) is 2.17. The maximum atomic E-state index is 12.4. The molecule has 1 amide bonds. The van der Waals surface area contributed by atoms with Crippen LogP contribution in [-0.2, 0) is 4.74 Å². The van der Waals surface area contributed by atoms with Gasteiger partial charge >= 0.3 is 0 Å². The highest BCUT2D eigenvalue weighted by atomic mass is 32.1. The Kier molecular flexibility index (Phi) is 4.15. The van der Waals surface area contributed by atoms with Gasteiger partial charge in [-0.2, -0.15) is 5.10 Å². The maximum Gasteiger partial charge on any atom is 0.264 e. The van der Waals surface area contributed by atoms with E-state index in [-0.39, 0.29) is 5.91 Å². The van der Waals surface area contributed by atoms with Crippen molar-refractivity contribution < 1.29 is 9.53 Å². The van der Waals surface area contributed by atoms with Crippen molar-refractivity contribution in [1.82, 2.24) is 15.5 Å². The minimum Gasteiger partial charge on any atom is -0.397 e. The molecule has 0 aliphatic heterocycles. The second kappa shape index (κ2) is 5.57. The lowest BCUT2D eigenvalue weighted by Gasteiger charge is -2.24. The zero-order chi connectivity index (χ0) is 15.8. The molecule has 7 heteroatoms. The van der Waals surface area contributed by atoms with E-state index in [1.165, 1.54) is 11.3 Å². The number of carbonyl (C=O) groups is 1. The Labute approximate surface area is 127 Å². The van der Waals surface area contributed by atoms with Crippen LogP contribution in [0.4, 0.5) is 5.69 Å².